The van der Waals surface area contributed by atoms with E-state index in [1.54, 1.807) is 6.92 Å². The second-order valence-corrected chi connectivity index (χ2v) is 6.57. The van der Waals surface area contributed by atoms with Crippen molar-refractivity contribution in [3.8, 4) is 0 Å². The van der Waals surface area contributed by atoms with Gasteiger partial charge in [-0.3, -0.25) is 10.2 Å². The third kappa shape index (κ3) is 2.96. The Kier molecular flexibility index (Phi) is 5.00. The summed E-state index contributed by atoms with van der Waals surface area (Å²) in [6.45, 7) is 4.70. The van der Waals surface area contributed by atoms with Crippen molar-refractivity contribution in [2.75, 3.05) is 6.54 Å². The highest BCUT2D eigenvalue weighted by atomic mass is 16.2. The lowest BCUT2D eigenvalue weighted by molar-refractivity contribution is -0.130. The summed E-state index contributed by atoms with van der Waals surface area (Å²) < 4.78 is 0. The minimum atomic E-state index is -0.216. The summed E-state index contributed by atoms with van der Waals surface area (Å²) in [5.74, 6) is 0.351. The predicted molar refractivity (Wildman–Crippen MR) is 97.4 cm³/mol. The first-order valence-electron chi connectivity index (χ1n) is 8.84. The zero-order chi connectivity index (χ0) is 17.0. The maximum Gasteiger partial charge on any atom is 0.231 e. The van der Waals surface area contributed by atoms with Crippen LogP contribution in [-0.4, -0.2) is 17.5 Å². The first-order valence-corrected chi connectivity index (χ1v) is 8.84. The molecule has 1 saturated heterocycles. The van der Waals surface area contributed by atoms with E-state index < -0.39 is 0 Å². The quantitative estimate of drug-likeness (QED) is 0.914. The molecule has 2 aromatic rings. The number of hydrogen-bond donors (Lipinski definition) is 1. The molecule has 0 bridgehead atoms. The number of nitrogens with one attached hydrogen (secondary N) is 1. The highest BCUT2D eigenvalue weighted by Crippen LogP contribution is 2.49. The lowest BCUT2D eigenvalue weighted by Crippen LogP contribution is -2.60. The summed E-state index contributed by atoms with van der Waals surface area (Å²) in [4.78, 5) is 11.8. The van der Waals surface area contributed by atoms with Gasteiger partial charge in [0.15, 0.2) is 0 Å². The predicted octanol–water partition coefficient (Wildman–Crippen LogP) is 4.22. The van der Waals surface area contributed by atoms with Crippen molar-refractivity contribution in [2.45, 2.75) is 44.6 Å². The van der Waals surface area contributed by atoms with Gasteiger partial charge in [-0.25, -0.2) is 5.01 Å². The highest BCUT2D eigenvalue weighted by Gasteiger charge is 2.47. The molecule has 2 unspecified atom stereocenters. The fraction of sp³-hybridized carbons (Fsp3) is 0.381. The number of carbonyl (C=O) groups excluding carboxylic acids is 1. The molecule has 3 heteroatoms. The van der Waals surface area contributed by atoms with Crippen LogP contribution in [0.1, 0.15) is 50.2 Å². The second kappa shape index (κ2) is 7.18. The van der Waals surface area contributed by atoms with Gasteiger partial charge in [0.05, 0.1) is 5.54 Å². The van der Waals surface area contributed by atoms with E-state index in [0.717, 1.165) is 25.8 Å². The van der Waals surface area contributed by atoms with Crippen LogP contribution in [0.4, 0.5) is 0 Å². The van der Waals surface area contributed by atoms with Gasteiger partial charge in [0.25, 0.3) is 0 Å². The van der Waals surface area contributed by atoms with Gasteiger partial charge >= 0.3 is 0 Å². The Bertz CT molecular complexity index is 671. The molecule has 1 N–H and O–H groups in total. The van der Waals surface area contributed by atoms with Gasteiger partial charge < -0.3 is 0 Å². The van der Waals surface area contributed by atoms with E-state index in [0.29, 0.717) is 5.92 Å². The van der Waals surface area contributed by atoms with E-state index in [2.05, 4.69) is 78.0 Å². The van der Waals surface area contributed by atoms with E-state index in [1.807, 2.05) is 0 Å². The van der Waals surface area contributed by atoms with Gasteiger partial charge in [-0.2, -0.15) is 0 Å². The van der Waals surface area contributed by atoms with Crippen molar-refractivity contribution >= 4 is 5.91 Å². The van der Waals surface area contributed by atoms with Crippen LogP contribution in [0.15, 0.2) is 60.7 Å². The van der Waals surface area contributed by atoms with Gasteiger partial charge in [-0.05, 0) is 30.4 Å². The largest absolute Gasteiger partial charge is 0.288 e. The van der Waals surface area contributed by atoms with E-state index >= 15 is 0 Å². The SMILES string of the molecule is CCC1(c2ccccc2)C(c2ccccc2)CCCN1NC(C)=O. The second-order valence-electron chi connectivity index (χ2n) is 6.57. The van der Waals surface area contributed by atoms with Crippen LogP contribution in [-0.2, 0) is 10.3 Å². The molecule has 1 aliphatic rings. The number of carbonyl (C=O) groups is 1. The highest BCUT2D eigenvalue weighted by molar-refractivity contribution is 5.72. The number of hydrazine groups is 1. The molecule has 0 radical (unpaired) electrons. The average molecular weight is 322 g/mol. The molecule has 0 saturated carbocycles. The molecule has 2 atom stereocenters. The van der Waals surface area contributed by atoms with Crippen molar-refractivity contribution < 1.29 is 4.79 Å². The van der Waals surface area contributed by atoms with Crippen LogP contribution < -0.4 is 5.43 Å². The van der Waals surface area contributed by atoms with Gasteiger partial charge in [0.2, 0.25) is 5.91 Å². The van der Waals surface area contributed by atoms with Crippen molar-refractivity contribution in [2.24, 2.45) is 0 Å². The molecule has 0 spiro atoms. The standard InChI is InChI=1S/C21H26N2O/c1-3-21(19-13-8-5-9-14-19)20(18-11-6-4-7-12-18)15-10-16-23(21)22-17(2)24/h4-9,11-14,20H,3,10,15-16H2,1-2H3,(H,22,24). The lowest BCUT2D eigenvalue weighted by Gasteiger charge is -2.52. The first kappa shape index (κ1) is 16.7. The lowest BCUT2D eigenvalue weighted by atomic mass is 9.68. The molecule has 126 valence electrons. The van der Waals surface area contributed by atoms with E-state index in [4.69, 9.17) is 0 Å². The van der Waals surface area contributed by atoms with Gasteiger partial charge in [0.1, 0.15) is 0 Å². The number of nitrogens with zero attached hydrogens (tertiary/aromatic N) is 1. The van der Waals surface area contributed by atoms with Crippen molar-refractivity contribution in [3.63, 3.8) is 0 Å². The fourth-order valence-corrected chi connectivity index (χ4v) is 4.28. The van der Waals surface area contributed by atoms with Crippen molar-refractivity contribution in [1.29, 1.82) is 0 Å². The summed E-state index contributed by atoms with van der Waals surface area (Å²) in [5.41, 5.74) is 5.52. The molecule has 2 aromatic carbocycles. The Morgan fingerprint density at radius 1 is 1.12 bits per heavy atom. The third-order valence-corrected chi connectivity index (χ3v) is 5.24. The molecular weight excluding hydrogens is 296 g/mol. The topological polar surface area (TPSA) is 32.3 Å². The Morgan fingerprint density at radius 3 is 2.33 bits per heavy atom. The first-order chi connectivity index (χ1) is 11.7. The van der Waals surface area contributed by atoms with E-state index in [-0.39, 0.29) is 11.4 Å². The zero-order valence-electron chi connectivity index (χ0n) is 14.5. The molecule has 1 heterocycles. The molecule has 1 fully saturated rings. The summed E-state index contributed by atoms with van der Waals surface area (Å²) in [6.07, 6.45) is 3.15. The normalized spacial score (nSPS) is 24.5. The van der Waals surface area contributed by atoms with Crippen molar-refractivity contribution in [1.82, 2.24) is 10.4 Å². The molecule has 3 nitrogen and oxygen atoms in total. The smallest absolute Gasteiger partial charge is 0.231 e. The third-order valence-electron chi connectivity index (χ3n) is 5.24. The summed E-state index contributed by atoms with van der Waals surface area (Å²) in [5, 5.41) is 2.19. The zero-order valence-corrected chi connectivity index (χ0v) is 14.5. The molecule has 24 heavy (non-hydrogen) atoms. The van der Waals surface area contributed by atoms with Crippen LogP contribution in [0.2, 0.25) is 0 Å². The number of piperidine rings is 1. The maximum absolute atomic E-state index is 11.8. The number of amides is 1. The van der Waals surface area contributed by atoms with Gasteiger partial charge in [-0.15, -0.1) is 0 Å². The van der Waals surface area contributed by atoms with E-state index in [1.165, 1.54) is 11.1 Å². The Hall–Kier alpha value is -2.13. The minimum Gasteiger partial charge on any atom is -0.288 e. The van der Waals surface area contributed by atoms with E-state index in [9.17, 15) is 4.79 Å². The number of rotatable bonds is 4. The summed E-state index contributed by atoms with van der Waals surface area (Å²) in [6, 6.07) is 21.3. The van der Waals surface area contributed by atoms with Crippen molar-refractivity contribution in [3.05, 3.63) is 71.8 Å². The molecule has 3 rings (SSSR count). The van der Waals surface area contributed by atoms with Crippen LogP contribution >= 0.6 is 0 Å². The Labute approximate surface area is 144 Å². The maximum atomic E-state index is 11.8. The fourth-order valence-electron chi connectivity index (χ4n) is 4.28. The Morgan fingerprint density at radius 2 is 1.75 bits per heavy atom. The molecule has 1 aliphatic heterocycles. The van der Waals surface area contributed by atoms with Crippen LogP contribution in [0.3, 0.4) is 0 Å². The van der Waals surface area contributed by atoms with Gasteiger partial charge in [-0.1, -0.05) is 67.6 Å². The minimum absolute atomic E-state index is 0.00234. The molecule has 0 aromatic heterocycles. The van der Waals surface area contributed by atoms with Crippen LogP contribution in [0.25, 0.3) is 0 Å². The summed E-state index contributed by atoms with van der Waals surface area (Å²) >= 11 is 0. The number of benzene rings is 2. The summed E-state index contributed by atoms with van der Waals surface area (Å²) in [7, 11) is 0. The van der Waals surface area contributed by atoms with Crippen LogP contribution in [0.5, 0.6) is 0 Å². The monoisotopic (exact) mass is 322 g/mol. The molecule has 0 aliphatic carbocycles. The van der Waals surface area contributed by atoms with Gasteiger partial charge in [0, 0.05) is 19.4 Å². The average Bonchev–Trinajstić information content (AvgIpc) is 2.62. The number of hydrogen-bond acceptors (Lipinski definition) is 2. The van der Waals surface area contributed by atoms with Crippen LogP contribution in [0, 0.1) is 0 Å². The molecular formula is C21H26N2O. The Balaban J connectivity index is 2.14. The molecule has 1 amide bonds.